The van der Waals surface area contributed by atoms with Crippen molar-refractivity contribution in [3.05, 3.63) is 66.1 Å². The van der Waals surface area contributed by atoms with Crippen LogP contribution < -0.4 is 4.90 Å². The Labute approximate surface area is 186 Å². The van der Waals surface area contributed by atoms with Crippen molar-refractivity contribution in [2.75, 3.05) is 10.7 Å². The van der Waals surface area contributed by atoms with E-state index in [1.807, 2.05) is 29.3 Å². The molecule has 2 aliphatic rings. The van der Waals surface area contributed by atoms with Gasteiger partial charge < -0.3 is 9.47 Å². The standard InChI is InChI=1S/C25H26FN3OS/c1-17-14-19-6-2-5-9-22(19)28(17)24(30)16-31-25-27-15-23(18-10-12-20(26)13-11-18)29(25)21-7-3-4-8-21/h2,5-6,9-13,15,17,21H,3-4,7-8,14,16H2,1H3/t17-/m1/s1. The summed E-state index contributed by atoms with van der Waals surface area (Å²) in [7, 11) is 0. The second-order valence-electron chi connectivity index (χ2n) is 8.48. The molecule has 1 amide bonds. The minimum absolute atomic E-state index is 0.117. The summed E-state index contributed by atoms with van der Waals surface area (Å²) in [6, 6.07) is 15.3. The first-order valence-electron chi connectivity index (χ1n) is 11.0. The Kier molecular flexibility index (Phi) is 5.57. The Morgan fingerprint density at radius 1 is 1.13 bits per heavy atom. The number of benzene rings is 2. The first kappa shape index (κ1) is 20.3. The number of carbonyl (C=O) groups excluding carboxylic acids is 1. The molecule has 6 heteroatoms. The van der Waals surface area contributed by atoms with E-state index in [9.17, 15) is 9.18 Å². The average Bonchev–Trinajstić information content (AvgIpc) is 3.50. The number of imidazole rings is 1. The van der Waals surface area contributed by atoms with Gasteiger partial charge in [0, 0.05) is 17.8 Å². The minimum atomic E-state index is -0.240. The highest BCUT2D eigenvalue weighted by Crippen LogP contribution is 2.38. The van der Waals surface area contributed by atoms with Crippen LogP contribution in [0, 0.1) is 5.82 Å². The maximum absolute atomic E-state index is 13.4. The Balaban J connectivity index is 1.39. The largest absolute Gasteiger partial charge is 0.316 e. The zero-order valence-electron chi connectivity index (χ0n) is 17.6. The summed E-state index contributed by atoms with van der Waals surface area (Å²) in [6.45, 7) is 2.11. The van der Waals surface area contributed by atoms with Gasteiger partial charge in [-0.05, 0) is 67.6 Å². The van der Waals surface area contributed by atoms with E-state index in [1.165, 1.54) is 42.3 Å². The molecular formula is C25H26FN3OS. The molecule has 0 unspecified atom stereocenters. The van der Waals surface area contributed by atoms with Crippen LogP contribution in [0.1, 0.15) is 44.2 Å². The highest BCUT2D eigenvalue weighted by atomic mass is 32.2. The predicted octanol–water partition coefficient (Wildman–Crippen LogP) is 5.87. The van der Waals surface area contributed by atoms with Gasteiger partial charge in [-0.25, -0.2) is 9.37 Å². The normalized spacial score (nSPS) is 18.5. The molecule has 1 fully saturated rings. The molecule has 0 radical (unpaired) electrons. The van der Waals surface area contributed by atoms with E-state index in [0.717, 1.165) is 41.4 Å². The zero-order valence-corrected chi connectivity index (χ0v) is 18.4. The van der Waals surface area contributed by atoms with Crippen LogP contribution in [0.2, 0.25) is 0 Å². The lowest BCUT2D eigenvalue weighted by atomic mass is 10.1. The van der Waals surface area contributed by atoms with Gasteiger partial charge in [0.2, 0.25) is 5.91 Å². The molecule has 4 nitrogen and oxygen atoms in total. The number of amides is 1. The molecule has 31 heavy (non-hydrogen) atoms. The van der Waals surface area contributed by atoms with E-state index in [2.05, 4.69) is 22.5 Å². The lowest BCUT2D eigenvalue weighted by molar-refractivity contribution is -0.116. The minimum Gasteiger partial charge on any atom is -0.316 e. The van der Waals surface area contributed by atoms with Crippen LogP contribution in [0.25, 0.3) is 11.3 Å². The molecular weight excluding hydrogens is 409 g/mol. The van der Waals surface area contributed by atoms with Crippen LogP contribution in [0.5, 0.6) is 0 Å². The lowest BCUT2D eigenvalue weighted by Gasteiger charge is -2.23. The lowest BCUT2D eigenvalue weighted by Crippen LogP contribution is -2.37. The monoisotopic (exact) mass is 435 g/mol. The van der Waals surface area contributed by atoms with Gasteiger partial charge in [0.15, 0.2) is 5.16 Å². The van der Waals surface area contributed by atoms with Crippen molar-refractivity contribution in [1.82, 2.24) is 9.55 Å². The Bertz CT molecular complexity index is 1090. The molecule has 1 saturated carbocycles. The molecule has 2 aromatic carbocycles. The molecule has 0 N–H and O–H groups in total. The second kappa shape index (κ2) is 8.50. The molecule has 0 bridgehead atoms. The first-order valence-corrected chi connectivity index (χ1v) is 12.0. The summed E-state index contributed by atoms with van der Waals surface area (Å²) < 4.78 is 15.7. The average molecular weight is 436 g/mol. The summed E-state index contributed by atoms with van der Waals surface area (Å²) in [5.74, 6) is 0.230. The molecule has 0 saturated heterocycles. The van der Waals surface area contributed by atoms with E-state index < -0.39 is 0 Å². The van der Waals surface area contributed by atoms with Crippen molar-refractivity contribution in [2.24, 2.45) is 0 Å². The van der Waals surface area contributed by atoms with Crippen LogP contribution in [0.4, 0.5) is 10.1 Å². The Hall–Kier alpha value is -2.60. The zero-order chi connectivity index (χ0) is 21.4. The van der Waals surface area contributed by atoms with Crippen molar-refractivity contribution >= 4 is 23.4 Å². The number of hydrogen-bond acceptors (Lipinski definition) is 3. The maximum Gasteiger partial charge on any atom is 0.237 e. The highest BCUT2D eigenvalue weighted by Gasteiger charge is 2.31. The van der Waals surface area contributed by atoms with Gasteiger partial charge in [0.1, 0.15) is 5.82 Å². The SMILES string of the molecule is C[C@@H]1Cc2ccccc2N1C(=O)CSc1ncc(-c2ccc(F)cc2)n1C1CCCC1. The number of fused-ring (bicyclic) bond motifs is 1. The van der Waals surface area contributed by atoms with Crippen molar-refractivity contribution in [2.45, 2.75) is 56.3 Å². The molecule has 0 spiro atoms. The second-order valence-corrected chi connectivity index (χ2v) is 9.42. The molecule has 1 atom stereocenters. The number of thioether (sulfide) groups is 1. The number of anilines is 1. The number of halogens is 1. The number of aromatic nitrogens is 2. The van der Waals surface area contributed by atoms with E-state index in [1.54, 1.807) is 12.1 Å². The van der Waals surface area contributed by atoms with Gasteiger partial charge in [-0.15, -0.1) is 0 Å². The fourth-order valence-electron chi connectivity index (χ4n) is 4.94. The van der Waals surface area contributed by atoms with E-state index in [0.29, 0.717) is 11.8 Å². The molecule has 1 aliphatic carbocycles. The van der Waals surface area contributed by atoms with Crippen molar-refractivity contribution < 1.29 is 9.18 Å². The predicted molar refractivity (Wildman–Crippen MR) is 123 cm³/mol. The summed E-state index contributed by atoms with van der Waals surface area (Å²) in [4.78, 5) is 19.8. The number of hydrogen-bond donors (Lipinski definition) is 0. The highest BCUT2D eigenvalue weighted by molar-refractivity contribution is 7.99. The third-order valence-electron chi connectivity index (χ3n) is 6.39. The van der Waals surface area contributed by atoms with Gasteiger partial charge in [0.05, 0.1) is 17.6 Å². The fraction of sp³-hybridized carbons (Fsp3) is 0.360. The molecule has 2 heterocycles. The quantitative estimate of drug-likeness (QED) is 0.470. The number of carbonyl (C=O) groups is 1. The van der Waals surface area contributed by atoms with Crippen LogP contribution in [-0.4, -0.2) is 27.3 Å². The van der Waals surface area contributed by atoms with Gasteiger partial charge in [-0.2, -0.15) is 0 Å². The fourth-order valence-corrected chi connectivity index (χ4v) is 5.85. The molecule has 160 valence electrons. The smallest absolute Gasteiger partial charge is 0.237 e. The van der Waals surface area contributed by atoms with Crippen LogP contribution in [0.3, 0.4) is 0 Å². The molecule has 3 aromatic rings. The number of nitrogens with zero attached hydrogens (tertiary/aromatic N) is 3. The summed E-state index contributed by atoms with van der Waals surface area (Å²) in [5, 5.41) is 0.875. The maximum atomic E-state index is 13.4. The van der Waals surface area contributed by atoms with Gasteiger partial charge in [-0.3, -0.25) is 4.79 Å². The topological polar surface area (TPSA) is 38.1 Å². The Morgan fingerprint density at radius 2 is 1.87 bits per heavy atom. The summed E-state index contributed by atoms with van der Waals surface area (Å²) in [5.41, 5.74) is 4.23. The van der Waals surface area contributed by atoms with Crippen molar-refractivity contribution in [1.29, 1.82) is 0 Å². The number of rotatable bonds is 5. The van der Waals surface area contributed by atoms with Gasteiger partial charge in [0.25, 0.3) is 0 Å². The first-order chi connectivity index (χ1) is 15.1. The third-order valence-corrected chi connectivity index (χ3v) is 7.35. The summed E-state index contributed by atoms with van der Waals surface area (Å²) in [6.07, 6.45) is 7.41. The third kappa shape index (κ3) is 3.89. The molecule has 5 rings (SSSR count). The van der Waals surface area contributed by atoms with Crippen molar-refractivity contribution in [3.63, 3.8) is 0 Å². The van der Waals surface area contributed by atoms with E-state index in [-0.39, 0.29) is 17.8 Å². The van der Waals surface area contributed by atoms with Gasteiger partial charge >= 0.3 is 0 Å². The van der Waals surface area contributed by atoms with Crippen LogP contribution in [0.15, 0.2) is 59.9 Å². The summed E-state index contributed by atoms with van der Waals surface area (Å²) >= 11 is 1.51. The van der Waals surface area contributed by atoms with Crippen LogP contribution >= 0.6 is 11.8 Å². The Morgan fingerprint density at radius 3 is 2.65 bits per heavy atom. The van der Waals surface area contributed by atoms with Crippen LogP contribution in [-0.2, 0) is 11.2 Å². The van der Waals surface area contributed by atoms with Crippen molar-refractivity contribution in [3.8, 4) is 11.3 Å². The molecule has 1 aromatic heterocycles. The van der Waals surface area contributed by atoms with Gasteiger partial charge in [-0.1, -0.05) is 42.8 Å². The van der Waals surface area contributed by atoms with E-state index in [4.69, 9.17) is 0 Å². The number of para-hydroxylation sites is 1. The van der Waals surface area contributed by atoms with E-state index >= 15 is 0 Å². The molecule has 1 aliphatic heterocycles.